The van der Waals surface area contributed by atoms with Crippen LogP contribution < -0.4 is 5.73 Å². The molecule has 5 heteroatoms. The summed E-state index contributed by atoms with van der Waals surface area (Å²) in [5, 5.41) is 0. The van der Waals surface area contributed by atoms with Crippen molar-refractivity contribution in [3.63, 3.8) is 0 Å². The smallest absolute Gasteiger partial charge is 0.243 e. The lowest BCUT2D eigenvalue weighted by atomic mass is 9.93. The molecule has 0 atom stereocenters. The topological polar surface area (TPSA) is 63.4 Å². The van der Waals surface area contributed by atoms with E-state index < -0.39 is 15.6 Å². The van der Waals surface area contributed by atoms with Gasteiger partial charge in [-0.3, -0.25) is 0 Å². The SMILES string of the molecule is CCC(CC)(CN)N(C)S(=O)(=O)c1ccc(C)c(C)c1. The summed E-state index contributed by atoms with van der Waals surface area (Å²) in [5.41, 5.74) is 7.40. The summed E-state index contributed by atoms with van der Waals surface area (Å²) >= 11 is 0. The van der Waals surface area contributed by atoms with E-state index in [4.69, 9.17) is 5.73 Å². The zero-order valence-electron chi connectivity index (χ0n) is 13.1. The van der Waals surface area contributed by atoms with Gasteiger partial charge in [0.15, 0.2) is 0 Å². The second kappa shape index (κ2) is 6.24. The summed E-state index contributed by atoms with van der Waals surface area (Å²) in [6.45, 7) is 8.16. The fraction of sp³-hybridized carbons (Fsp3) is 0.600. The van der Waals surface area contributed by atoms with Crippen LogP contribution in [0.3, 0.4) is 0 Å². The molecule has 4 nitrogen and oxygen atoms in total. The highest BCUT2D eigenvalue weighted by Gasteiger charge is 2.37. The molecule has 114 valence electrons. The van der Waals surface area contributed by atoms with Crippen molar-refractivity contribution in [1.82, 2.24) is 4.31 Å². The molecule has 0 radical (unpaired) electrons. The highest BCUT2D eigenvalue weighted by Crippen LogP contribution is 2.28. The molecule has 0 aromatic heterocycles. The van der Waals surface area contributed by atoms with Crippen LogP contribution in [0.5, 0.6) is 0 Å². The lowest BCUT2D eigenvalue weighted by Gasteiger charge is -2.38. The molecule has 1 aromatic carbocycles. The van der Waals surface area contributed by atoms with E-state index >= 15 is 0 Å². The lowest BCUT2D eigenvalue weighted by Crippen LogP contribution is -2.53. The maximum Gasteiger partial charge on any atom is 0.243 e. The van der Waals surface area contributed by atoms with Gasteiger partial charge in [-0.25, -0.2) is 8.42 Å². The minimum Gasteiger partial charge on any atom is -0.329 e. The second-order valence-corrected chi connectivity index (χ2v) is 7.32. The summed E-state index contributed by atoms with van der Waals surface area (Å²) in [5.74, 6) is 0. The van der Waals surface area contributed by atoms with Crippen molar-refractivity contribution < 1.29 is 8.42 Å². The van der Waals surface area contributed by atoms with Gasteiger partial charge >= 0.3 is 0 Å². The Morgan fingerprint density at radius 3 is 2.10 bits per heavy atom. The van der Waals surface area contributed by atoms with Crippen LogP contribution >= 0.6 is 0 Å². The first kappa shape index (κ1) is 17.1. The first-order valence-electron chi connectivity index (χ1n) is 7.01. The van der Waals surface area contributed by atoms with Gasteiger partial charge in [0.2, 0.25) is 10.0 Å². The van der Waals surface area contributed by atoms with Crippen molar-refractivity contribution in [3.05, 3.63) is 29.3 Å². The van der Waals surface area contributed by atoms with Crippen LogP contribution in [0.15, 0.2) is 23.1 Å². The molecule has 0 spiro atoms. The van der Waals surface area contributed by atoms with Crippen molar-refractivity contribution in [2.75, 3.05) is 13.6 Å². The minimum absolute atomic E-state index is 0.320. The largest absolute Gasteiger partial charge is 0.329 e. The second-order valence-electron chi connectivity index (χ2n) is 5.35. The molecule has 0 saturated carbocycles. The molecule has 1 rings (SSSR count). The highest BCUT2D eigenvalue weighted by molar-refractivity contribution is 7.89. The molecule has 0 fully saturated rings. The quantitative estimate of drug-likeness (QED) is 0.877. The summed E-state index contributed by atoms with van der Waals surface area (Å²) in [7, 11) is -1.89. The summed E-state index contributed by atoms with van der Waals surface area (Å²) < 4.78 is 27.0. The van der Waals surface area contributed by atoms with Gasteiger partial charge < -0.3 is 5.73 Å². The number of nitrogens with two attached hydrogens (primary N) is 1. The monoisotopic (exact) mass is 298 g/mol. The van der Waals surface area contributed by atoms with Gasteiger partial charge in [-0.1, -0.05) is 19.9 Å². The van der Waals surface area contributed by atoms with Crippen LogP contribution in [0.2, 0.25) is 0 Å². The number of likely N-dealkylation sites (N-methyl/N-ethyl adjacent to an activating group) is 1. The van der Waals surface area contributed by atoms with Crippen molar-refractivity contribution in [2.24, 2.45) is 5.73 Å². The van der Waals surface area contributed by atoms with Crippen LogP contribution in [-0.4, -0.2) is 31.9 Å². The molecule has 0 aliphatic carbocycles. The number of hydrogen-bond donors (Lipinski definition) is 1. The molecule has 0 aliphatic heterocycles. The highest BCUT2D eigenvalue weighted by atomic mass is 32.2. The standard InChI is InChI=1S/C15H26N2O2S/c1-6-15(7-2,11-16)17(5)20(18,19)14-9-8-12(3)13(4)10-14/h8-10H,6-7,11,16H2,1-5H3. The Balaban J connectivity index is 3.31. The number of benzene rings is 1. The zero-order valence-corrected chi connectivity index (χ0v) is 13.9. The van der Waals surface area contributed by atoms with E-state index in [0.717, 1.165) is 11.1 Å². The molecule has 0 bridgehead atoms. The van der Waals surface area contributed by atoms with Gasteiger partial charge in [-0.2, -0.15) is 4.31 Å². The van der Waals surface area contributed by atoms with Gasteiger partial charge in [0, 0.05) is 19.1 Å². The lowest BCUT2D eigenvalue weighted by molar-refractivity contribution is 0.208. The van der Waals surface area contributed by atoms with E-state index in [1.807, 2.05) is 33.8 Å². The first-order valence-corrected chi connectivity index (χ1v) is 8.45. The number of nitrogens with zero attached hydrogens (tertiary/aromatic N) is 1. The molecular weight excluding hydrogens is 272 g/mol. The molecule has 0 saturated heterocycles. The molecule has 0 amide bonds. The van der Waals surface area contributed by atoms with Gasteiger partial charge in [0.25, 0.3) is 0 Å². The van der Waals surface area contributed by atoms with E-state index in [1.54, 1.807) is 19.2 Å². The Hall–Kier alpha value is -0.910. The van der Waals surface area contributed by atoms with Crippen LogP contribution in [-0.2, 0) is 10.0 Å². The van der Waals surface area contributed by atoms with Crippen LogP contribution in [0, 0.1) is 13.8 Å². The number of hydrogen-bond acceptors (Lipinski definition) is 3. The van der Waals surface area contributed by atoms with Crippen molar-refractivity contribution in [2.45, 2.75) is 51.0 Å². The van der Waals surface area contributed by atoms with Gasteiger partial charge in [-0.15, -0.1) is 0 Å². The molecule has 0 aliphatic rings. The van der Waals surface area contributed by atoms with Crippen molar-refractivity contribution in [1.29, 1.82) is 0 Å². The van der Waals surface area contributed by atoms with E-state index in [0.29, 0.717) is 24.3 Å². The predicted octanol–water partition coefficient (Wildman–Crippen LogP) is 2.44. The molecule has 0 heterocycles. The van der Waals surface area contributed by atoms with Gasteiger partial charge in [-0.05, 0) is 49.9 Å². The molecule has 2 N–H and O–H groups in total. The average molecular weight is 298 g/mol. The van der Waals surface area contributed by atoms with Crippen molar-refractivity contribution in [3.8, 4) is 0 Å². The zero-order chi connectivity index (χ0) is 15.6. The number of aryl methyl sites for hydroxylation is 2. The fourth-order valence-corrected chi connectivity index (χ4v) is 4.12. The average Bonchev–Trinajstić information content (AvgIpc) is 2.44. The van der Waals surface area contributed by atoms with E-state index in [-0.39, 0.29) is 0 Å². The summed E-state index contributed by atoms with van der Waals surface area (Å²) in [6.07, 6.45) is 1.39. The van der Waals surface area contributed by atoms with E-state index in [9.17, 15) is 8.42 Å². The number of sulfonamides is 1. The van der Waals surface area contributed by atoms with Crippen LogP contribution in [0.1, 0.15) is 37.8 Å². The minimum atomic E-state index is -3.52. The van der Waals surface area contributed by atoms with Gasteiger partial charge in [0.05, 0.1) is 4.90 Å². The Morgan fingerprint density at radius 2 is 1.70 bits per heavy atom. The maximum absolute atomic E-state index is 12.8. The summed E-state index contributed by atoms with van der Waals surface area (Å²) in [4.78, 5) is 0.336. The molecule has 0 unspecified atom stereocenters. The molecule has 20 heavy (non-hydrogen) atoms. The first-order chi connectivity index (χ1) is 9.25. The Kier molecular flexibility index (Phi) is 5.35. The molecule has 1 aromatic rings. The summed E-state index contributed by atoms with van der Waals surface area (Å²) in [6, 6.07) is 5.24. The Morgan fingerprint density at radius 1 is 1.15 bits per heavy atom. The van der Waals surface area contributed by atoms with Crippen LogP contribution in [0.25, 0.3) is 0 Å². The Labute approximate surface area is 123 Å². The Bertz CT molecular complexity index is 555. The van der Waals surface area contributed by atoms with Crippen LogP contribution in [0.4, 0.5) is 0 Å². The van der Waals surface area contributed by atoms with Gasteiger partial charge in [0.1, 0.15) is 0 Å². The molecular formula is C15H26N2O2S. The van der Waals surface area contributed by atoms with Crippen molar-refractivity contribution >= 4 is 10.0 Å². The maximum atomic E-state index is 12.8. The van der Waals surface area contributed by atoms with E-state index in [1.165, 1.54) is 4.31 Å². The van der Waals surface area contributed by atoms with E-state index in [2.05, 4.69) is 0 Å². The fourth-order valence-electron chi connectivity index (χ4n) is 2.40. The third-order valence-electron chi connectivity index (χ3n) is 4.50. The normalized spacial score (nSPS) is 12.9. The predicted molar refractivity (Wildman–Crippen MR) is 83.2 cm³/mol. The number of rotatable bonds is 6. The third kappa shape index (κ3) is 2.90. The third-order valence-corrected chi connectivity index (χ3v) is 6.46.